The molecule has 6 nitrogen and oxygen atoms in total. The highest BCUT2D eigenvalue weighted by Gasteiger charge is 2.25. The summed E-state index contributed by atoms with van der Waals surface area (Å²) in [5, 5.41) is 6.02. The van der Waals surface area contributed by atoms with Gasteiger partial charge in [-0.25, -0.2) is 8.42 Å². The number of sulfonamides is 1. The molecule has 0 atom stereocenters. The minimum atomic E-state index is -3.57. The van der Waals surface area contributed by atoms with Crippen LogP contribution in [0.15, 0.2) is 23.1 Å². The molecule has 0 saturated carbocycles. The second kappa shape index (κ2) is 8.80. The summed E-state index contributed by atoms with van der Waals surface area (Å²) in [5.74, 6) is 0.233. The van der Waals surface area contributed by atoms with E-state index in [4.69, 9.17) is 0 Å². The Morgan fingerprint density at radius 2 is 1.92 bits per heavy atom. The van der Waals surface area contributed by atoms with Crippen LogP contribution in [0.5, 0.6) is 0 Å². The van der Waals surface area contributed by atoms with Gasteiger partial charge in [0.25, 0.3) is 5.91 Å². The van der Waals surface area contributed by atoms with Crippen LogP contribution in [0.4, 0.5) is 0 Å². The average Bonchev–Trinajstić information content (AvgIpc) is 2.46. The minimum absolute atomic E-state index is 0. The molecule has 1 aromatic rings. The Labute approximate surface area is 150 Å². The lowest BCUT2D eigenvalue weighted by Crippen LogP contribution is -2.48. The third kappa shape index (κ3) is 4.47. The molecule has 2 rings (SSSR count). The van der Waals surface area contributed by atoms with Crippen molar-refractivity contribution in [2.75, 3.05) is 32.7 Å². The highest BCUT2D eigenvalue weighted by atomic mass is 35.5. The number of benzene rings is 1. The van der Waals surface area contributed by atoms with Crippen LogP contribution in [0.3, 0.4) is 0 Å². The van der Waals surface area contributed by atoms with E-state index in [2.05, 4.69) is 10.6 Å². The molecular formula is C16H26ClN3O3S. The zero-order valence-electron chi connectivity index (χ0n) is 14.3. The van der Waals surface area contributed by atoms with Gasteiger partial charge in [-0.05, 0) is 24.6 Å². The van der Waals surface area contributed by atoms with Crippen molar-refractivity contribution in [2.45, 2.75) is 25.7 Å². The van der Waals surface area contributed by atoms with Crippen LogP contribution in [0.2, 0.25) is 0 Å². The zero-order valence-corrected chi connectivity index (χ0v) is 16.0. The number of amides is 1. The summed E-state index contributed by atoms with van der Waals surface area (Å²) in [4.78, 5) is 12.5. The molecule has 0 bridgehead atoms. The van der Waals surface area contributed by atoms with Crippen molar-refractivity contribution in [3.05, 3.63) is 29.3 Å². The minimum Gasteiger partial charge on any atom is -0.352 e. The molecule has 1 fully saturated rings. The predicted octanol–water partition coefficient (Wildman–Crippen LogP) is 1.40. The third-order valence-electron chi connectivity index (χ3n) is 4.19. The third-order valence-corrected chi connectivity index (χ3v) is 6.38. The number of nitrogens with one attached hydrogen (secondary N) is 2. The molecular weight excluding hydrogens is 350 g/mol. The molecule has 24 heavy (non-hydrogen) atoms. The molecule has 0 spiro atoms. The molecule has 2 N–H and O–H groups in total. The van der Waals surface area contributed by atoms with Gasteiger partial charge in [-0.15, -0.1) is 12.4 Å². The van der Waals surface area contributed by atoms with Gasteiger partial charge in [0, 0.05) is 44.2 Å². The second-order valence-electron chi connectivity index (χ2n) is 5.80. The summed E-state index contributed by atoms with van der Waals surface area (Å²) in [7, 11) is -3.57. The summed E-state index contributed by atoms with van der Waals surface area (Å²) < 4.78 is 26.8. The van der Waals surface area contributed by atoms with Crippen LogP contribution >= 0.6 is 12.4 Å². The molecule has 0 radical (unpaired) electrons. The quantitative estimate of drug-likeness (QED) is 0.755. The van der Waals surface area contributed by atoms with E-state index in [-0.39, 0.29) is 23.2 Å². The van der Waals surface area contributed by atoms with E-state index in [0.29, 0.717) is 36.7 Å². The van der Waals surface area contributed by atoms with Crippen molar-refractivity contribution in [3.63, 3.8) is 0 Å². The average molecular weight is 376 g/mol. The van der Waals surface area contributed by atoms with Gasteiger partial charge < -0.3 is 10.6 Å². The summed E-state index contributed by atoms with van der Waals surface area (Å²) >= 11 is 0. The first kappa shape index (κ1) is 20.9. The van der Waals surface area contributed by atoms with Crippen LogP contribution in [-0.4, -0.2) is 51.4 Å². The number of hydrogen-bond donors (Lipinski definition) is 2. The van der Waals surface area contributed by atoms with Crippen molar-refractivity contribution in [1.82, 2.24) is 14.9 Å². The topological polar surface area (TPSA) is 78.5 Å². The lowest BCUT2D eigenvalue weighted by Gasteiger charge is -2.27. The van der Waals surface area contributed by atoms with Crippen LogP contribution in [0.1, 0.15) is 29.8 Å². The molecule has 1 aliphatic rings. The van der Waals surface area contributed by atoms with E-state index in [9.17, 15) is 13.2 Å². The Morgan fingerprint density at radius 3 is 2.42 bits per heavy atom. The normalized spacial score (nSPS) is 14.8. The number of carbonyl (C=O) groups excluding carboxylic acids is 1. The van der Waals surface area contributed by atoms with Gasteiger partial charge in [-0.2, -0.15) is 4.31 Å². The van der Waals surface area contributed by atoms with Crippen molar-refractivity contribution < 1.29 is 13.2 Å². The number of nitrogens with zero attached hydrogens (tertiary/aromatic N) is 1. The van der Waals surface area contributed by atoms with E-state index < -0.39 is 10.0 Å². The number of rotatable bonds is 7. The monoisotopic (exact) mass is 375 g/mol. The Hall–Kier alpha value is -1.15. The highest BCUT2D eigenvalue weighted by molar-refractivity contribution is 7.89. The van der Waals surface area contributed by atoms with Crippen LogP contribution in [0.25, 0.3) is 0 Å². The van der Waals surface area contributed by atoms with Gasteiger partial charge >= 0.3 is 0 Å². The molecule has 1 heterocycles. The largest absolute Gasteiger partial charge is 0.352 e. The number of hydrogen-bond acceptors (Lipinski definition) is 4. The van der Waals surface area contributed by atoms with Gasteiger partial charge in [0.2, 0.25) is 10.0 Å². The fourth-order valence-electron chi connectivity index (χ4n) is 2.55. The van der Waals surface area contributed by atoms with Crippen molar-refractivity contribution in [1.29, 1.82) is 0 Å². The van der Waals surface area contributed by atoms with E-state index in [1.165, 1.54) is 10.4 Å². The van der Waals surface area contributed by atoms with E-state index >= 15 is 0 Å². The lowest BCUT2D eigenvalue weighted by molar-refractivity contribution is 0.0942. The van der Waals surface area contributed by atoms with Gasteiger partial charge in [-0.1, -0.05) is 19.9 Å². The van der Waals surface area contributed by atoms with Crippen LogP contribution < -0.4 is 10.6 Å². The van der Waals surface area contributed by atoms with Crippen molar-refractivity contribution in [3.8, 4) is 0 Å². The summed E-state index contributed by atoms with van der Waals surface area (Å²) in [6.45, 7) is 8.60. The second-order valence-corrected chi connectivity index (χ2v) is 7.71. The molecule has 0 aromatic heterocycles. The Balaban J connectivity index is 0.00000288. The van der Waals surface area contributed by atoms with Gasteiger partial charge in [0.1, 0.15) is 0 Å². The smallest absolute Gasteiger partial charge is 0.251 e. The molecule has 0 unspecified atom stereocenters. The van der Waals surface area contributed by atoms with Crippen molar-refractivity contribution in [2.24, 2.45) is 5.92 Å². The fraction of sp³-hybridized carbons (Fsp3) is 0.562. The lowest BCUT2D eigenvalue weighted by atomic mass is 10.0. The molecule has 1 aliphatic heterocycles. The number of carbonyl (C=O) groups is 1. The number of aryl methyl sites for hydroxylation is 1. The summed E-state index contributed by atoms with van der Waals surface area (Å²) in [5.41, 5.74) is 1.03. The first-order valence-corrected chi connectivity index (χ1v) is 9.43. The maximum Gasteiger partial charge on any atom is 0.251 e. The van der Waals surface area contributed by atoms with Gasteiger partial charge in [-0.3, -0.25) is 4.79 Å². The first-order chi connectivity index (χ1) is 10.9. The first-order valence-electron chi connectivity index (χ1n) is 7.99. The standard InChI is InChI=1S/C16H25N3O3S.ClH/c1-4-19(5-2)23(21,22)15-8-14(7-6-12(15)3)16(20)18-11-13-9-17-10-13;/h6-8,13,17H,4-5,9-11H2,1-3H3,(H,18,20);1H. The summed E-state index contributed by atoms with van der Waals surface area (Å²) in [6, 6.07) is 4.85. The molecule has 1 amide bonds. The van der Waals surface area contributed by atoms with Crippen LogP contribution in [-0.2, 0) is 10.0 Å². The Bertz CT molecular complexity index is 671. The predicted molar refractivity (Wildman–Crippen MR) is 97.2 cm³/mol. The van der Waals surface area contributed by atoms with Gasteiger partial charge in [0.15, 0.2) is 0 Å². The molecule has 1 aromatic carbocycles. The molecule has 0 aliphatic carbocycles. The summed E-state index contributed by atoms with van der Waals surface area (Å²) in [6.07, 6.45) is 0. The van der Waals surface area contributed by atoms with E-state index in [1.807, 2.05) is 0 Å². The molecule has 136 valence electrons. The van der Waals surface area contributed by atoms with Gasteiger partial charge in [0.05, 0.1) is 4.90 Å². The fourth-order valence-corrected chi connectivity index (χ4v) is 4.26. The highest BCUT2D eigenvalue weighted by Crippen LogP contribution is 2.21. The maximum atomic E-state index is 12.7. The van der Waals surface area contributed by atoms with Crippen molar-refractivity contribution >= 4 is 28.3 Å². The van der Waals surface area contributed by atoms with Crippen LogP contribution in [0, 0.1) is 12.8 Å². The zero-order chi connectivity index (χ0) is 17.0. The molecule has 1 saturated heterocycles. The van der Waals surface area contributed by atoms with E-state index in [0.717, 1.165) is 13.1 Å². The maximum absolute atomic E-state index is 12.7. The SMILES string of the molecule is CCN(CC)S(=O)(=O)c1cc(C(=O)NCC2CNC2)ccc1C.Cl. The van der Waals surface area contributed by atoms with E-state index in [1.54, 1.807) is 32.9 Å². The Morgan fingerprint density at radius 1 is 1.29 bits per heavy atom. The molecule has 8 heteroatoms. The Kier molecular flexibility index (Phi) is 7.66. The number of halogens is 1.